The van der Waals surface area contributed by atoms with Gasteiger partial charge in [-0.1, -0.05) is 30.3 Å². The lowest BCUT2D eigenvalue weighted by Gasteiger charge is -2.15. The molecule has 21 heavy (non-hydrogen) atoms. The molecule has 1 amide bonds. The van der Waals surface area contributed by atoms with Crippen molar-refractivity contribution in [3.8, 4) is 0 Å². The van der Waals surface area contributed by atoms with Crippen LogP contribution in [0.15, 0.2) is 30.3 Å². The van der Waals surface area contributed by atoms with Gasteiger partial charge in [-0.05, 0) is 12.0 Å². The molecule has 1 rings (SSSR count). The molecule has 7 heteroatoms. The summed E-state index contributed by atoms with van der Waals surface area (Å²) in [6, 6.07) is 8.56. The number of hydrogen-bond acceptors (Lipinski definition) is 4. The number of nitrogens with zero attached hydrogens (tertiary/aromatic N) is 1. The van der Waals surface area contributed by atoms with Crippen LogP contribution in [0.4, 0.5) is 0 Å². The molecule has 1 N–H and O–H groups in total. The van der Waals surface area contributed by atoms with Gasteiger partial charge in [0.2, 0.25) is 5.91 Å². The first kappa shape index (κ1) is 17.2. The topological polar surface area (TPSA) is 91.8 Å². The van der Waals surface area contributed by atoms with Crippen LogP contribution in [0.3, 0.4) is 0 Å². The van der Waals surface area contributed by atoms with Crippen molar-refractivity contribution in [2.45, 2.75) is 18.1 Å². The molecule has 0 radical (unpaired) electrons. The summed E-state index contributed by atoms with van der Waals surface area (Å²) >= 11 is 0. The van der Waals surface area contributed by atoms with Crippen molar-refractivity contribution in [3.63, 3.8) is 0 Å². The molecule has 0 saturated heterocycles. The van der Waals surface area contributed by atoms with Gasteiger partial charge in [0.1, 0.15) is 0 Å². The average Bonchev–Trinajstić information content (AvgIpc) is 2.42. The maximum Gasteiger partial charge on any atom is 0.322 e. The summed E-state index contributed by atoms with van der Waals surface area (Å²) in [6.45, 7) is 0. The number of sulfone groups is 1. The first-order valence-electron chi connectivity index (χ1n) is 6.42. The minimum absolute atomic E-state index is 0.103. The van der Waals surface area contributed by atoms with Crippen LogP contribution in [-0.4, -0.2) is 55.4 Å². The van der Waals surface area contributed by atoms with Gasteiger partial charge in [0.05, 0.1) is 5.75 Å². The third-order valence-electron chi connectivity index (χ3n) is 3.07. The minimum Gasteiger partial charge on any atom is -0.480 e. The molecule has 0 spiro atoms. The number of carboxylic acid groups (broad SMARTS) is 1. The van der Waals surface area contributed by atoms with Crippen molar-refractivity contribution < 1.29 is 23.1 Å². The van der Waals surface area contributed by atoms with Gasteiger partial charge in [0.25, 0.3) is 0 Å². The molecule has 0 aliphatic rings. The predicted octanol–water partition coefficient (Wildman–Crippen LogP) is 0.575. The molecule has 0 fully saturated rings. The Hall–Kier alpha value is -1.89. The highest BCUT2D eigenvalue weighted by Gasteiger charge is 2.32. The molecule has 1 aromatic carbocycles. The molecule has 0 heterocycles. The molecular formula is C14H19NO5S. The highest BCUT2D eigenvalue weighted by atomic mass is 32.2. The van der Waals surface area contributed by atoms with Crippen LogP contribution in [0.2, 0.25) is 0 Å². The number of carbonyl (C=O) groups is 2. The fourth-order valence-electron chi connectivity index (χ4n) is 1.79. The van der Waals surface area contributed by atoms with E-state index in [-0.39, 0.29) is 18.7 Å². The Morgan fingerprint density at radius 3 is 2.24 bits per heavy atom. The molecule has 0 aliphatic carbocycles. The van der Waals surface area contributed by atoms with E-state index in [1.807, 2.05) is 0 Å². The van der Waals surface area contributed by atoms with Crippen LogP contribution in [-0.2, 0) is 25.8 Å². The van der Waals surface area contributed by atoms with Gasteiger partial charge < -0.3 is 10.0 Å². The van der Waals surface area contributed by atoms with E-state index in [1.165, 1.54) is 19.0 Å². The molecular weight excluding hydrogens is 294 g/mol. The minimum atomic E-state index is -3.90. The Morgan fingerprint density at radius 1 is 1.19 bits per heavy atom. The highest BCUT2D eigenvalue weighted by Crippen LogP contribution is 2.13. The van der Waals surface area contributed by atoms with E-state index in [2.05, 4.69) is 0 Å². The van der Waals surface area contributed by atoms with E-state index >= 15 is 0 Å². The first-order valence-corrected chi connectivity index (χ1v) is 8.14. The molecule has 1 atom stereocenters. The van der Waals surface area contributed by atoms with Crippen LogP contribution >= 0.6 is 0 Å². The van der Waals surface area contributed by atoms with Crippen molar-refractivity contribution in [1.29, 1.82) is 0 Å². The van der Waals surface area contributed by atoms with Crippen LogP contribution < -0.4 is 0 Å². The zero-order chi connectivity index (χ0) is 16.0. The van der Waals surface area contributed by atoms with E-state index in [1.54, 1.807) is 30.3 Å². The monoisotopic (exact) mass is 313 g/mol. The SMILES string of the molecule is CN(C)C(=O)CCS(=O)(=O)C(Cc1ccccc1)C(=O)O. The molecule has 1 unspecified atom stereocenters. The second-order valence-corrected chi connectivity index (χ2v) is 7.22. The lowest BCUT2D eigenvalue weighted by molar-refractivity contribution is -0.136. The predicted molar refractivity (Wildman–Crippen MR) is 78.7 cm³/mol. The molecule has 0 aliphatic heterocycles. The lowest BCUT2D eigenvalue weighted by atomic mass is 10.1. The third-order valence-corrected chi connectivity index (χ3v) is 5.08. The Kier molecular flexibility index (Phi) is 5.90. The molecule has 1 aromatic rings. The summed E-state index contributed by atoms with van der Waals surface area (Å²) in [7, 11) is -0.853. The molecule has 0 aromatic heterocycles. The van der Waals surface area contributed by atoms with Gasteiger partial charge in [-0.25, -0.2) is 8.42 Å². The Balaban J connectivity index is 2.84. The smallest absolute Gasteiger partial charge is 0.322 e. The zero-order valence-corrected chi connectivity index (χ0v) is 12.8. The highest BCUT2D eigenvalue weighted by molar-refractivity contribution is 7.92. The lowest BCUT2D eigenvalue weighted by Crippen LogP contribution is -2.35. The normalized spacial score (nSPS) is 12.7. The fourth-order valence-corrected chi connectivity index (χ4v) is 3.29. The van der Waals surface area contributed by atoms with E-state index in [0.717, 1.165) is 0 Å². The Labute approximate surface area is 124 Å². The fraction of sp³-hybridized carbons (Fsp3) is 0.429. The molecule has 116 valence electrons. The van der Waals surface area contributed by atoms with Crippen LogP contribution in [0, 0.1) is 0 Å². The Morgan fingerprint density at radius 2 is 1.76 bits per heavy atom. The summed E-state index contributed by atoms with van der Waals surface area (Å²) in [6.07, 6.45) is -0.317. The maximum absolute atomic E-state index is 12.2. The van der Waals surface area contributed by atoms with Crippen LogP contribution in [0.1, 0.15) is 12.0 Å². The average molecular weight is 313 g/mol. The van der Waals surface area contributed by atoms with Crippen LogP contribution in [0.25, 0.3) is 0 Å². The Bertz CT molecular complexity index is 595. The number of aliphatic carboxylic acids is 1. The van der Waals surface area contributed by atoms with Crippen molar-refractivity contribution >= 4 is 21.7 Å². The molecule has 0 saturated carbocycles. The summed E-state index contributed by atoms with van der Waals surface area (Å²) in [5.41, 5.74) is 0.632. The summed E-state index contributed by atoms with van der Waals surface area (Å²) in [4.78, 5) is 24.0. The quantitative estimate of drug-likeness (QED) is 0.795. The van der Waals surface area contributed by atoms with E-state index in [9.17, 15) is 23.1 Å². The standard InChI is InChI=1S/C14H19NO5S/c1-15(2)13(16)8-9-21(19,20)12(14(17)18)10-11-6-4-3-5-7-11/h3-7,12H,8-10H2,1-2H3,(H,17,18). The molecule has 0 bridgehead atoms. The first-order chi connectivity index (χ1) is 9.74. The number of carbonyl (C=O) groups excluding carboxylic acids is 1. The van der Waals surface area contributed by atoms with E-state index in [4.69, 9.17) is 0 Å². The van der Waals surface area contributed by atoms with Gasteiger partial charge in [0.15, 0.2) is 15.1 Å². The number of rotatable bonds is 7. The second-order valence-electron chi connectivity index (χ2n) is 4.92. The number of carboxylic acids is 1. The van der Waals surface area contributed by atoms with Gasteiger partial charge in [0, 0.05) is 20.5 Å². The third kappa shape index (κ3) is 5.18. The molecule has 6 nitrogen and oxygen atoms in total. The number of benzene rings is 1. The van der Waals surface area contributed by atoms with Gasteiger partial charge in [-0.15, -0.1) is 0 Å². The van der Waals surface area contributed by atoms with Gasteiger partial charge in [-0.2, -0.15) is 0 Å². The van der Waals surface area contributed by atoms with Crippen molar-refractivity contribution in [1.82, 2.24) is 4.90 Å². The largest absolute Gasteiger partial charge is 0.480 e. The number of hydrogen-bond donors (Lipinski definition) is 1. The summed E-state index contributed by atoms with van der Waals surface area (Å²) < 4.78 is 24.3. The van der Waals surface area contributed by atoms with Crippen LogP contribution in [0.5, 0.6) is 0 Å². The summed E-state index contributed by atoms with van der Waals surface area (Å²) in [5, 5.41) is 7.64. The number of amides is 1. The second kappa shape index (κ2) is 7.21. The summed E-state index contributed by atoms with van der Waals surface area (Å²) in [5.74, 6) is -2.20. The van der Waals surface area contributed by atoms with Gasteiger partial charge >= 0.3 is 5.97 Å². The van der Waals surface area contributed by atoms with E-state index < -0.39 is 26.8 Å². The van der Waals surface area contributed by atoms with Crippen molar-refractivity contribution in [3.05, 3.63) is 35.9 Å². The van der Waals surface area contributed by atoms with Crippen molar-refractivity contribution in [2.24, 2.45) is 0 Å². The van der Waals surface area contributed by atoms with Crippen molar-refractivity contribution in [2.75, 3.05) is 19.8 Å². The van der Waals surface area contributed by atoms with E-state index in [0.29, 0.717) is 5.56 Å². The zero-order valence-electron chi connectivity index (χ0n) is 12.0. The maximum atomic E-state index is 12.2. The van der Waals surface area contributed by atoms with Gasteiger partial charge in [-0.3, -0.25) is 9.59 Å².